The van der Waals surface area contributed by atoms with E-state index in [-0.39, 0.29) is 18.3 Å². The van der Waals surface area contributed by atoms with Gasteiger partial charge < -0.3 is 4.74 Å². The number of aryl methyl sites for hydroxylation is 1. The highest BCUT2D eigenvalue weighted by atomic mass is 32.1. The zero-order chi connectivity index (χ0) is 17.8. The van der Waals surface area contributed by atoms with Gasteiger partial charge in [0.15, 0.2) is 5.82 Å². The molecule has 0 saturated carbocycles. The van der Waals surface area contributed by atoms with Gasteiger partial charge in [0.25, 0.3) is 0 Å². The molecule has 3 rings (SSSR count). The van der Waals surface area contributed by atoms with Crippen LogP contribution in [0, 0.1) is 6.92 Å². The smallest absolute Gasteiger partial charge is 0.348 e. The highest BCUT2D eigenvalue weighted by Crippen LogP contribution is 2.33. The highest BCUT2D eigenvalue weighted by Gasteiger charge is 2.20. The number of carbonyl (C=O) groups is 2. The predicted molar refractivity (Wildman–Crippen MR) is 97.9 cm³/mol. The summed E-state index contributed by atoms with van der Waals surface area (Å²) in [6.45, 7) is 3.88. The van der Waals surface area contributed by atoms with E-state index in [9.17, 15) is 9.59 Å². The van der Waals surface area contributed by atoms with Crippen molar-refractivity contribution in [2.45, 2.75) is 20.3 Å². The number of rotatable bonds is 6. The molecular formula is C16H16N4O3S2. The van der Waals surface area contributed by atoms with Gasteiger partial charge >= 0.3 is 5.97 Å². The van der Waals surface area contributed by atoms with Gasteiger partial charge in [-0.05, 0) is 30.9 Å². The Morgan fingerprint density at radius 1 is 1.32 bits per heavy atom. The molecule has 25 heavy (non-hydrogen) atoms. The molecule has 0 fully saturated rings. The van der Waals surface area contributed by atoms with E-state index < -0.39 is 0 Å². The topological polar surface area (TPSA) is 93.2 Å². The second-order valence-corrected chi connectivity index (χ2v) is 7.14. The summed E-state index contributed by atoms with van der Waals surface area (Å²) in [4.78, 5) is 34.6. The number of nitrogens with zero attached hydrogens (tertiary/aromatic N) is 2. The van der Waals surface area contributed by atoms with Crippen molar-refractivity contribution in [3.05, 3.63) is 39.2 Å². The molecule has 9 heteroatoms. The summed E-state index contributed by atoms with van der Waals surface area (Å²) in [6.07, 6.45) is 1.68. The van der Waals surface area contributed by atoms with Crippen molar-refractivity contribution < 1.29 is 14.3 Å². The number of aromatic nitrogens is 2. The van der Waals surface area contributed by atoms with Gasteiger partial charge in [0, 0.05) is 4.88 Å². The number of amides is 1. The minimum absolute atomic E-state index is 0.173. The first kappa shape index (κ1) is 17.3. The molecule has 0 bridgehead atoms. The van der Waals surface area contributed by atoms with Crippen LogP contribution in [0.4, 0.5) is 5.82 Å². The van der Waals surface area contributed by atoms with Crippen LogP contribution in [0.5, 0.6) is 0 Å². The molecule has 0 aliphatic rings. The minimum atomic E-state index is -0.379. The maximum Gasteiger partial charge on any atom is 0.348 e. The fourth-order valence-corrected chi connectivity index (χ4v) is 4.05. The first-order chi connectivity index (χ1) is 12.1. The largest absolute Gasteiger partial charge is 0.462 e. The Balaban J connectivity index is 1.79. The fraction of sp³-hybridized carbons (Fsp3) is 0.250. The Morgan fingerprint density at radius 3 is 2.88 bits per heavy atom. The lowest BCUT2D eigenvalue weighted by Gasteiger charge is -2.08. The first-order valence-electron chi connectivity index (χ1n) is 7.58. The number of fused-ring (bicyclic) bond motifs is 1. The summed E-state index contributed by atoms with van der Waals surface area (Å²) in [5.41, 5.74) is 6.20. The van der Waals surface area contributed by atoms with Gasteiger partial charge in [-0.1, -0.05) is 6.07 Å². The summed E-state index contributed by atoms with van der Waals surface area (Å²) in [7, 11) is 0. The van der Waals surface area contributed by atoms with Crippen LogP contribution in [0.3, 0.4) is 0 Å². The number of thiophene rings is 2. The van der Waals surface area contributed by atoms with Crippen LogP contribution in [0.15, 0.2) is 23.8 Å². The summed E-state index contributed by atoms with van der Waals surface area (Å²) in [5, 5.41) is 2.63. The van der Waals surface area contributed by atoms with Crippen molar-refractivity contribution in [1.82, 2.24) is 15.4 Å². The molecule has 0 saturated heterocycles. The third-order valence-corrected chi connectivity index (χ3v) is 5.48. The molecule has 130 valence electrons. The zero-order valence-electron chi connectivity index (χ0n) is 13.7. The van der Waals surface area contributed by atoms with Gasteiger partial charge in [-0.3, -0.25) is 15.6 Å². The van der Waals surface area contributed by atoms with Crippen LogP contribution in [0.25, 0.3) is 10.2 Å². The van der Waals surface area contributed by atoms with E-state index >= 15 is 0 Å². The highest BCUT2D eigenvalue weighted by molar-refractivity contribution is 7.20. The maximum absolute atomic E-state index is 12.0. The Labute approximate surface area is 152 Å². The van der Waals surface area contributed by atoms with Crippen LogP contribution in [-0.2, 0) is 16.0 Å². The molecular weight excluding hydrogens is 360 g/mol. The van der Waals surface area contributed by atoms with Crippen molar-refractivity contribution in [2.24, 2.45) is 0 Å². The van der Waals surface area contributed by atoms with Crippen molar-refractivity contribution in [2.75, 3.05) is 12.0 Å². The van der Waals surface area contributed by atoms with Crippen molar-refractivity contribution in [3.8, 4) is 0 Å². The number of ether oxygens (including phenoxy) is 1. The van der Waals surface area contributed by atoms with E-state index in [0.717, 1.165) is 10.4 Å². The number of anilines is 1. The van der Waals surface area contributed by atoms with Gasteiger partial charge in [0.05, 0.1) is 18.4 Å². The minimum Gasteiger partial charge on any atom is -0.462 e. The normalized spacial score (nSPS) is 10.6. The number of carbonyl (C=O) groups excluding carboxylic acids is 2. The molecule has 7 nitrogen and oxygen atoms in total. The van der Waals surface area contributed by atoms with Crippen LogP contribution >= 0.6 is 22.7 Å². The van der Waals surface area contributed by atoms with E-state index in [2.05, 4.69) is 20.8 Å². The standard InChI is InChI=1S/C16H16N4O3S2/c1-3-23-16(22)13-9(2)12-14(17-8-18-15(12)25-13)20-19-11(21)7-10-5-4-6-24-10/h4-6,8H,3,7H2,1-2H3,(H,19,21)(H,17,18,20). The number of hydrogen-bond acceptors (Lipinski definition) is 8. The van der Waals surface area contributed by atoms with E-state index in [1.54, 1.807) is 6.92 Å². The molecule has 3 heterocycles. The molecule has 3 aromatic heterocycles. The lowest BCUT2D eigenvalue weighted by atomic mass is 10.2. The second kappa shape index (κ2) is 7.58. The monoisotopic (exact) mass is 376 g/mol. The zero-order valence-corrected chi connectivity index (χ0v) is 15.3. The van der Waals surface area contributed by atoms with E-state index in [1.807, 2.05) is 24.4 Å². The van der Waals surface area contributed by atoms with Gasteiger partial charge in [0.1, 0.15) is 16.0 Å². The summed E-state index contributed by atoms with van der Waals surface area (Å²) >= 11 is 2.77. The number of nitrogens with one attached hydrogen (secondary N) is 2. The predicted octanol–water partition coefficient (Wildman–Crippen LogP) is 2.92. The third kappa shape index (κ3) is 3.77. The molecule has 2 N–H and O–H groups in total. The summed E-state index contributed by atoms with van der Waals surface area (Å²) in [6, 6.07) is 3.81. The Morgan fingerprint density at radius 2 is 2.16 bits per heavy atom. The quantitative estimate of drug-likeness (QED) is 0.507. The second-order valence-electron chi connectivity index (χ2n) is 5.11. The van der Waals surface area contributed by atoms with Gasteiger partial charge in [0.2, 0.25) is 5.91 Å². The third-order valence-electron chi connectivity index (χ3n) is 3.42. The molecule has 0 aliphatic heterocycles. The Bertz CT molecular complexity index is 906. The Hall–Kier alpha value is -2.52. The fourth-order valence-electron chi connectivity index (χ4n) is 2.30. The van der Waals surface area contributed by atoms with Gasteiger partial charge in [-0.25, -0.2) is 14.8 Å². The molecule has 1 amide bonds. The molecule has 0 aromatic carbocycles. The van der Waals surface area contributed by atoms with Crippen LogP contribution in [0.1, 0.15) is 27.0 Å². The van der Waals surface area contributed by atoms with E-state index in [4.69, 9.17) is 4.74 Å². The Kier molecular flexibility index (Phi) is 5.25. The van der Waals surface area contributed by atoms with Gasteiger partial charge in [-0.15, -0.1) is 22.7 Å². The molecule has 0 radical (unpaired) electrons. The first-order valence-corrected chi connectivity index (χ1v) is 9.28. The van der Waals surface area contributed by atoms with Crippen LogP contribution in [-0.4, -0.2) is 28.5 Å². The maximum atomic E-state index is 12.0. The van der Waals surface area contributed by atoms with E-state index in [0.29, 0.717) is 27.5 Å². The van der Waals surface area contributed by atoms with Crippen molar-refractivity contribution >= 4 is 50.6 Å². The molecule has 0 atom stereocenters. The van der Waals surface area contributed by atoms with Gasteiger partial charge in [-0.2, -0.15) is 0 Å². The molecule has 3 aromatic rings. The lowest BCUT2D eigenvalue weighted by molar-refractivity contribution is -0.119. The summed E-state index contributed by atoms with van der Waals surface area (Å²) in [5.74, 6) is -0.0998. The number of hydrazine groups is 1. The summed E-state index contributed by atoms with van der Waals surface area (Å²) < 4.78 is 5.07. The van der Waals surface area contributed by atoms with Crippen molar-refractivity contribution in [1.29, 1.82) is 0 Å². The van der Waals surface area contributed by atoms with Crippen LogP contribution < -0.4 is 10.9 Å². The average Bonchev–Trinajstić information content (AvgIpc) is 3.21. The molecule has 0 unspecified atom stereocenters. The lowest BCUT2D eigenvalue weighted by Crippen LogP contribution is -2.31. The molecule has 0 spiro atoms. The SMILES string of the molecule is CCOC(=O)c1sc2ncnc(NNC(=O)Cc3cccs3)c2c1C. The number of hydrogen-bond donors (Lipinski definition) is 2. The van der Waals surface area contributed by atoms with E-state index in [1.165, 1.54) is 29.0 Å². The average molecular weight is 376 g/mol. The van der Waals surface area contributed by atoms with Crippen LogP contribution in [0.2, 0.25) is 0 Å². The number of esters is 1. The van der Waals surface area contributed by atoms with Crippen molar-refractivity contribution in [3.63, 3.8) is 0 Å². The molecule has 0 aliphatic carbocycles.